The first-order valence-corrected chi connectivity index (χ1v) is 18.1. The van der Waals surface area contributed by atoms with Crippen molar-refractivity contribution in [3.8, 4) is 0 Å². The highest BCUT2D eigenvalue weighted by Crippen LogP contribution is 2.37. The molecule has 0 aromatic heterocycles. The summed E-state index contributed by atoms with van der Waals surface area (Å²) in [5.41, 5.74) is 0. The number of halogens is 2. The summed E-state index contributed by atoms with van der Waals surface area (Å²) in [6.45, 7) is 7.21. The maximum atomic E-state index is 4.19. The summed E-state index contributed by atoms with van der Waals surface area (Å²) in [4.78, 5) is 0. The monoisotopic (exact) mass is 428 g/mol. The molecule has 4 heteroatoms. The van der Waals surface area contributed by atoms with Gasteiger partial charge in [-0.2, -0.15) is 0 Å². The number of hydrogen-bond acceptors (Lipinski definition) is 0. The Morgan fingerprint density at radius 1 is 0.526 bits per heavy atom. The molecule has 0 radical (unpaired) electrons. The highest BCUT2D eigenvalue weighted by Gasteiger charge is 2.31. The summed E-state index contributed by atoms with van der Waals surface area (Å²) in [6, 6.07) is 8.89. The zero-order chi connectivity index (χ0) is 14.8. The lowest BCUT2D eigenvalue weighted by atomic mass is 10.5. The van der Waals surface area contributed by atoms with Crippen molar-refractivity contribution in [1.29, 1.82) is 0 Å². The van der Waals surface area contributed by atoms with Gasteiger partial charge < -0.3 is 0 Å². The van der Waals surface area contributed by atoms with Gasteiger partial charge in [0.1, 0.15) is 13.4 Å². The molecule has 0 nitrogen and oxygen atoms in total. The summed E-state index contributed by atoms with van der Waals surface area (Å²) >= 11 is 8.38. The Bertz CT molecular complexity index is 188. The molecule has 0 bridgehead atoms. The molecule has 116 valence electrons. The predicted molar refractivity (Wildman–Crippen MR) is 104 cm³/mol. The molecule has 0 heterocycles. The summed E-state index contributed by atoms with van der Waals surface area (Å²) in [5, 5.41) is 0. The van der Waals surface area contributed by atoms with E-state index in [9.17, 15) is 0 Å². The van der Waals surface area contributed by atoms with Crippen LogP contribution in [0.2, 0.25) is 36.3 Å². The molecule has 0 aromatic carbocycles. The molecule has 19 heavy (non-hydrogen) atoms. The van der Waals surface area contributed by atoms with Crippen molar-refractivity contribution in [2.45, 2.75) is 96.1 Å². The maximum Gasteiger partial charge on any atom is 0.130 e. The Hall–Kier alpha value is 1.39. The lowest BCUT2D eigenvalue weighted by molar-refractivity contribution is 0.920. The molecule has 0 aliphatic rings. The van der Waals surface area contributed by atoms with Crippen molar-refractivity contribution in [1.82, 2.24) is 0 Å². The average molecular weight is 430 g/mol. The minimum Gasteiger partial charge on any atom is -0.126 e. The van der Waals surface area contributed by atoms with Gasteiger partial charge in [0.2, 0.25) is 0 Å². The summed E-state index contributed by atoms with van der Waals surface area (Å²) < 4.78 is 0. The fraction of sp³-hybridized carbons (Fsp3) is 1.00. The van der Waals surface area contributed by atoms with Crippen LogP contribution in [0.3, 0.4) is 0 Å². The lowest BCUT2D eigenvalue weighted by Crippen LogP contribution is -2.29. The van der Waals surface area contributed by atoms with Crippen molar-refractivity contribution in [2.75, 3.05) is 0 Å². The Kier molecular flexibility index (Phi) is 11.8. The lowest BCUT2D eigenvalue weighted by Gasteiger charge is -2.28. The molecule has 0 spiro atoms. The van der Waals surface area contributed by atoms with Crippen molar-refractivity contribution < 1.29 is 0 Å². The van der Waals surface area contributed by atoms with E-state index in [-0.39, 0.29) is 0 Å². The normalized spacial score (nSPS) is 12.9. The molecule has 0 unspecified atom stereocenters. The first-order chi connectivity index (χ1) is 8.95. The van der Waals surface area contributed by atoms with Gasteiger partial charge in [-0.3, -0.25) is 0 Å². The molecule has 0 aliphatic carbocycles. The third-order valence-corrected chi connectivity index (χ3v) is 19.3. The van der Waals surface area contributed by atoms with Crippen molar-refractivity contribution in [3.05, 3.63) is 0 Å². The van der Waals surface area contributed by atoms with Gasteiger partial charge in [-0.1, -0.05) is 59.8 Å². The van der Waals surface area contributed by atoms with E-state index < -0.39 is 13.4 Å². The van der Waals surface area contributed by atoms with Gasteiger partial charge in [-0.15, -0.1) is 30.6 Å². The van der Waals surface area contributed by atoms with Gasteiger partial charge in [0, 0.05) is 0 Å². The highest BCUT2D eigenvalue weighted by atomic mass is 79.9. The van der Waals surface area contributed by atoms with Crippen LogP contribution >= 0.6 is 30.6 Å². The molecule has 0 saturated heterocycles. The molecule has 0 saturated carbocycles. The molecule has 0 aromatic rings. The highest BCUT2D eigenvalue weighted by molar-refractivity contribution is 9.26. The van der Waals surface area contributed by atoms with Gasteiger partial charge in [0.05, 0.1) is 0 Å². The van der Waals surface area contributed by atoms with Crippen LogP contribution in [0, 0.1) is 0 Å². The van der Waals surface area contributed by atoms with Gasteiger partial charge >= 0.3 is 0 Å². The van der Waals surface area contributed by atoms with E-state index in [2.05, 4.69) is 58.3 Å². The Labute approximate surface area is 139 Å². The Balaban J connectivity index is 4.27. The van der Waals surface area contributed by atoms with Crippen molar-refractivity contribution >= 4 is 44.0 Å². The molecular weight excluding hydrogens is 396 g/mol. The average Bonchev–Trinajstić information content (AvgIpc) is 2.29. The second-order valence-electron chi connectivity index (χ2n) is 6.16. The fourth-order valence-electron chi connectivity index (χ4n) is 3.26. The number of hydrogen-bond donors (Lipinski definition) is 0. The van der Waals surface area contributed by atoms with E-state index in [1.807, 2.05) is 0 Å². The first-order valence-electron chi connectivity index (χ1n) is 8.33. The standard InChI is InChI=1S/C15H34Br2Si2/c1-5-10-18(16,11-6-2)14-9-15-19(17,12-7-3)13-8-4/h5-15H2,1-4H3. The molecule has 0 fully saturated rings. The number of rotatable bonds is 12. The van der Waals surface area contributed by atoms with E-state index in [4.69, 9.17) is 0 Å². The zero-order valence-corrected chi connectivity index (χ0v) is 18.7. The van der Waals surface area contributed by atoms with Gasteiger partial charge in [0.25, 0.3) is 0 Å². The van der Waals surface area contributed by atoms with E-state index >= 15 is 0 Å². The molecule has 0 aliphatic heterocycles. The van der Waals surface area contributed by atoms with Crippen LogP contribution in [0.25, 0.3) is 0 Å². The minimum atomic E-state index is -1.08. The third kappa shape index (κ3) is 9.10. The van der Waals surface area contributed by atoms with Crippen LogP contribution in [0.15, 0.2) is 0 Å². The van der Waals surface area contributed by atoms with Crippen molar-refractivity contribution in [3.63, 3.8) is 0 Å². The summed E-state index contributed by atoms with van der Waals surface area (Å²) in [7, 11) is 0. The van der Waals surface area contributed by atoms with Crippen LogP contribution in [0.5, 0.6) is 0 Å². The second kappa shape index (κ2) is 11.0. The van der Waals surface area contributed by atoms with Gasteiger partial charge in [-0.25, -0.2) is 0 Å². The minimum absolute atomic E-state index is 1.08. The topological polar surface area (TPSA) is 0 Å². The van der Waals surface area contributed by atoms with Gasteiger partial charge in [-0.05, 0) is 36.3 Å². The molecule has 0 rings (SSSR count). The maximum absolute atomic E-state index is 4.19. The van der Waals surface area contributed by atoms with E-state index in [1.54, 1.807) is 0 Å². The van der Waals surface area contributed by atoms with Gasteiger partial charge in [0.15, 0.2) is 0 Å². The largest absolute Gasteiger partial charge is 0.130 e. The third-order valence-electron chi connectivity index (χ3n) is 4.04. The van der Waals surface area contributed by atoms with E-state index in [0.29, 0.717) is 0 Å². The SMILES string of the molecule is CCC[Si](Br)(CCC)CCC[Si](Br)(CCC)CCC. The van der Waals surface area contributed by atoms with Crippen molar-refractivity contribution in [2.24, 2.45) is 0 Å². The smallest absolute Gasteiger partial charge is 0.126 e. The Morgan fingerprint density at radius 2 is 0.789 bits per heavy atom. The second-order valence-corrected chi connectivity index (χ2v) is 23.9. The van der Waals surface area contributed by atoms with Crippen LogP contribution in [0.4, 0.5) is 0 Å². The predicted octanol–water partition coefficient (Wildman–Crippen LogP) is 7.70. The van der Waals surface area contributed by atoms with Crippen LogP contribution in [-0.4, -0.2) is 13.4 Å². The zero-order valence-electron chi connectivity index (χ0n) is 13.5. The first kappa shape index (κ1) is 20.4. The van der Waals surface area contributed by atoms with E-state index in [0.717, 1.165) is 0 Å². The summed E-state index contributed by atoms with van der Waals surface area (Å²) in [6.07, 6.45) is 6.90. The fourth-order valence-corrected chi connectivity index (χ4v) is 16.8. The molecule has 0 amide bonds. The van der Waals surface area contributed by atoms with Crippen LogP contribution in [-0.2, 0) is 0 Å². The molecular formula is C15H34Br2Si2. The van der Waals surface area contributed by atoms with E-state index in [1.165, 1.54) is 68.4 Å². The van der Waals surface area contributed by atoms with Crippen LogP contribution < -0.4 is 0 Å². The Morgan fingerprint density at radius 3 is 1.00 bits per heavy atom. The molecule has 0 N–H and O–H groups in total. The van der Waals surface area contributed by atoms with Crippen LogP contribution in [0.1, 0.15) is 59.8 Å². The quantitative estimate of drug-likeness (QED) is 0.220. The molecule has 0 atom stereocenters. The summed E-state index contributed by atoms with van der Waals surface area (Å²) in [5.74, 6) is 0.